The molecule has 11 nitrogen and oxygen atoms in total. The Morgan fingerprint density at radius 1 is 0.878 bits per heavy atom. The quantitative estimate of drug-likeness (QED) is 0.122. The molecule has 0 radical (unpaired) electrons. The van der Waals surface area contributed by atoms with Crippen LogP contribution in [-0.2, 0) is 17.6 Å². The second-order valence-corrected chi connectivity index (χ2v) is 16.3. The maximum atomic E-state index is 11.6. The zero-order valence-corrected chi connectivity index (χ0v) is 29.8. The monoisotopic (exact) mass is 724 g/mol. The van der Waals surface area contributed by atoms with E-state index in [2.05, 4.69) is 0 Å². The fraction of sp³-hybridized carbons (Fsp3) is 0.667. The number of aliphatic hydroxyl groups is 5. The molecular weight excluding hydrogens is 673 g/mol. The molecule has 0 saturated heterocycles. The summed E-state index contributed by atoms with van der Waals surface area (Å²) in [7, 11) is 4.32. The molecule has 49 heavy (non-hydrogen) atoms. The van der Waals surface area contributed by atoms with E-state index in [1.165, 1.54) is 60.4 Å². The summed E-state index contributed by atoms with van der Waals surface area (Å²) in [5, 5.41) is 73.6. The first kappa shape index (κ1) is 38.1. The Bertz CT molecular complexity index is 1350. The Labute approximate surface area is 296 Å². The lowest BCUT2D eigenvalue weighted by molar-refractivity contribution is -0.0808. The fourth-order valence-electron chi connectivity index (χ4n) is 7.96. The number of rotatable bonds is 11. The number of aromatic hydroxyl groups is 2. The summed E-state index contributed by atoms with van der Waals surface area (Å²) in [6.07, 6.45) is 7.35. The van der Waals surface area contributed by atoms with Gasteiger partial charge in [0, 0.05) is 23.5 Å². The number of ether oxygens (including phenoxy) is 4. The van der Waals surface area contributed by atoms with Crippen molar-refractivity contribution in [3.63, 3.8) is 0 Å². The van der Waals surface area contributed by atoms with Gasteiger partial charge in [0.25, 0.3) is 0 Å². The molecule has 3 aliphatic rings. The van der Waals surface area contributed by atoms with Crippen molar-refractivity contribution in [2.75, 3.05) is 33.1 Å². The third kappa shape index (κ3) is 9.62. The molecule has 6 atom stereocenters. The van der Waals surface area contributed by atoms with Crippen LogP contribution in [-0.4, -0.2) is 93.2 Å². The molecule has 2 aromatic rings. The van der Waals surface area contributed by atoms with Crippen LogP contribution in [0.5, 0.6) is 28.7 Å². The van der Waals surface area contributed by atoms with Gasteiger partial charge in [-0.3, -0.25) is 0 Å². The highest BCUT2D eigenvalue weighted by Gasteiger charge is 2.42. The Kier molecular flexibility index (Phi) is 13.9. The minimum Gasteiger partial charge on any atom is -0.504 e. The third-order valence-corrected chi connectivity index (χ3v) is 13.4. The maximum absolute atomic E-state index is 11.6. The molecule has 7 N–H and O–H groups in total. The predicted molar refractivity (Wildman–Crippen MR) is 188 cm³/mol. The molecule has 1 spiro atoms. The van der Waals surface area contributed by atoms with Crippen molar-refractivity contribution < 1.29 is 54.7 Å². The Morgan fingerprint density at radius 2 is 1.65 bits per heavy atom. The summed E-state index contributed by atoms with van der Waals surface area (Å²) in [4.78, 5) is 0. The summed E-state index contributed by atoms with van der Waals surface area (Å²) >= 11 is 0. The van der Waals surface area contributed by atoms with E-state index >= 15 is 0 Å². The Balaban J connectivity index is 1.40. The first-order chi connectivity index (χ1) is 23.7. The van der Waals surface area contributed by atoms with Gasteiger partial charge in [-0.15, -0.1) is 0 Å². The number of phenols is 2. The molecule has 2 fully saturated rings. The molecule has 2 aromatic carbocycles. The van der Waals surface area contributed by atoms with Gasteiger partial charge in [0.05, 0.1) is 31.5 Å². The lowest BCUT2D eigenvalue weighted by Crippen LogP contribution is -2.38. The van der Waals surface area contributed by atoms with Gasteiger partial charge in [-0.25, -0.2) is 0 Å². The van der Waals surface area contributed by atoms with Crippen LogP contribution in [0.1, 0.15) is 86.1 Å². The summed E-state index contributed by atoms with van der Waals surface area (Å²) in [6, 6.07) is 6.80. The molecular formula is C36H52O11S2. The molecule has 13 heteroatoms. The van der Waals surface area contributed by atoms with Gasteiger partial charge in [-0.05, 0) is 111 Å². The number of fused-ring (bicyclic) bond motifs is 1. The van der Waals surface area contributed by atoms with Crippen molar-refractivity contribution in [1.82, 2.24) is 0 Å². The Morgan fingerprint density at radius 3 is 2.37 bits per heavy atom. The maximum Gasteiger partial charge on any atom is 0.200 e. The number of phenolic OH excluding ortho intramolecular Hbond substituents is 2. The minimum absolute atomic E-state index is 0.0130. The van der Waals surface area contributed by atoms with Crippen molar-refractivity contribution in [1.29, 1.82) is 0 Å². The number of aliphatic hydroxyl groups excluding tert-OH is 5. The molecule has 274 valence electrons. The van der Waals surface area contributed by atoms with Crippen LogP contribution in [0.15, 0.2) is 24.3 Å². The van der Waals surface area contributed by atoms with E-state index in [9.17, 15) is 35.7 Å². The van der Waals surface area contributed by atoms with Crippen molar-refractivity contribution in [3.05, 3.63) is 41.0 Å². The second-order valence-electron chi connectivity index (χ2n) is 13.7. The molecule has 2 aliphatic carbocycles. The van der Waals surface area contributed by atoms with Gasteiger partial charge in [0.1, 0.15) is 6.79 Å². The normalized spacial score (nSPS) is 27.6. The van der Waals surface area contributed by atoms with Crippen molar-refractivity contribution in [2.24, 2.45) is 11.3 Å². The number of aryl methyl sites for hydroxylation is 1. The van der Waals surface area contributed by atoms with E-state index in [4.69, 9.17) is 18.9 Å². The Hall–Kier alpha value is -2.10. The van der Waals surface area contributed by atoms with E-state index in [-0.39, 0.29) is 59.6 Å². The van der Waals surface area contributed by atoms with Crippen molar-refractivity contribution >= 4 is 21.6 Å². The van der Waals surface area contributed by atoms with Crippen LogP contribution in [0.2, 0.25) is 0 Å². The summed E-state index contributed by atoms with van der Waals surface area (Å²) in [6.45, 7) is -1.27. The van der Waals surface area contributed by atoms with Crippen LogP contribution < -0.4 is 14.2 Å². The number of benzene rings is 2. The third-order valence-electron chi connectivity index (χ3n) is 10.5. The van der Waals surface area contributed by atoms with E-state index in [1.54, 1.807) is 12.1 Å². The lowest BCUT2D eigenvalue weighted by Gasteiger charge is -2.30. The van der Waals surface area contributed by atoms with Gasteiger partial charge in [0.15, 0.2) is 29.8 Å². The topological polar surface area (TPSA) is 179 Å². The molecule has 0 bridgehead atoms. The molecule has 0 aromatic heterocycles. The molecule has 1 heterocycles. The molecule has 2 saturated carbocycles. The predicted octanol–water partition coefficient (Wildman–Crippen LogP) is 4.98. The average Bonchev–Trinajstić information content (AvgIpc) is 3.72. The second kappa shape index (κ2) is 17.9. The van der Waals surface area contributed by atoms with Crippen LogP contribution in [0.25, 0.3) is 0 Å². The van der Waals surface area contributed by atoms with Gasteiger partial charge >= 0.3 is 0 Å². The van der Waals surface area contributed by atoms with Crippen LogP contribution >= 0.6 is 21.6 Å². The fourth-order valence-corrected chi connectivity index (χ4v) is 10.9. The van der Waals surface area contributed by atoms with E-state index in [1.807, 2.05) is 6.07 Å². The zero-order valence-electron chi connectivity index (χ0n) is 28.2. The SMILES string of the molecule is COc1cc(C[C@H]2[C@H](O)C[C@@H](OCO)CCc3cc(O[C@H]4CCC5(CCCC5)C4)c(O)cc3[C@H](CCO)SSC[C@@H]2O)cc(OCO)c1O. The summed E-state index contributed by atoms with van der Waals surface area (Å²) in [5.74, 6) is -0.0330. The van der Waals surface area contributed by atoms with Crippen LogP contribution in [0.3, 0.4) is 0 Å². The molecule has 1 aliphatic heterocycles. The first-order valence-electron chi connectivity index (χ1n) is 17.3. The van der Waals surface area contributed by atoms with Crippen molar-refractivity contribution in [3.8, 4) is 28.7 Å². The molecule has 0 amide bonds. The number of hydrogen-bond acceptors (Lipinski definition) is 13. The number of hydrogen-bond donors (Lipinski definition) is 7. The van der Waals surface area contributed by atoms with E-state index < -0.39 is 37.8 Å². The average molecular weight is 725 g/mol. The smallest absolute Gasteiger partial charge is 0.200 e. The van der Waals surface area contributed by atoms with Crippen molar-refractivity contribution in [2.45, 2.75) is 107 Å². The van der Waals surface area contributed by atoms with Crippen LogP contribution in [0.4, 0.5) is 0 Å². The summed E-state index contributed by atoms with van der Waals surface area (Å²) in [5.41, 5.74) is 2.80. The standard InChI is InChI=1S/C36H52O11S2/c1-44-32-13-22(14-33(35(32)43)46-21-39)12-27-28(40)16-24(45-20-38)5-4-23-15-31(47-25-6-10-36(18-25)8-2-3-9-36)29(41)17-26(23)34(7-11-37)49-48-19-30(27)42/h13-15,17,24-25,27-28,30,34,37-43H,2-12,16,18-21H2,1H3/t24-,25-,27-,28+,30-,34-/m0/s1. The van der Waals surface area contributed by atoms with E-state index in [0.29, 0.717) is 36.0 Å². The largest absolute Gasteiger partial charge is 0.504 e. The summed E-state index contributed by atoms with van der Waals surface area (Å²) < 4.78 is 22.6. The molecule has 0 unspecified atom stereocenters. The highest BCUT2D eigenvalue weighted by molar-refractivity contribution is 8.76. The highest BCUT2D eigenvalue weighted by atomic mass is 33.1. The van der Waals surface area contributed by atoms with Crippen LogP contribution in [0, 0.1) is 11.3 Å². The zero-order chi connectivity index (χ0) is 35.0. The van der Waals surface area contributed by atoms with Gasteiger partial charge in [-0.1, -0.05) is 34.4 Å². The van der Waals surface area contributed by atoms with Gasteiger partial charge in [-0.2, -0.15) is 0 Å². The highest BCUT2D eigenvalue weighted by Crippen LogP contribution is 2.52. The van der Waals surface area contributed by atoms with Gasteiger partial charge < -0.3 is 54.7 Å². The number of methoxy groups -OCH3 is 1. The lowest BCUT2D eigenvalue weighted by atomic mass is 9.85. The first-order valence-corrected chi connectivity index (χ1v) is 19.7. The van der Waals surface area contributed by atoms with Gasteiger partial charge in [0.2, 0.25) is 5.75 Å². The molecule has 5 rings (SSSR count). The van der Waals surface area contributed by atoms with E-state index in [0.717, 1.165) is 30.4 Å². The minimum atomic E-state index is -1.03.